The fraction of sp³-hybridized carbons (Fsp3) is 0.154. The van der Waals surface area contributed by atoms with Crippen molar-refractivity contribution in [1.82, 2.24) is 0 Å². The van der Waals surface area contributed by atoms with E-state index in [0.29, 0.717) is 6.61 Å². The quantitative estimate of drug-likeness (QED) is 0.889. The van der Waals surface area contributed by atoms with E-state index in [1.807, 2.05) is 31.2 Å². The molecule has 0 fully saturated rings. The van der Waals surface area contributed by atoms with Crippen LogP contribution in [-0.2, 0) is 0 Å². The summed E-state index contributed by atoms with van der Waals surface area (Å²) in [4.78, 5) is 11.9. The van der Waals surface area contributed by atoms with Crippen molar-refractivity contribution in [3.05, 3.63) is 35.2 Å². The van der Waals surface area contributed by atoms with Gasteiger partial charge in [-0.05, 0) is 25.1 Å². The summed E-state index contributed by atoms with van der Waals surface area (Å²) in [7, 11) is 0. The summed E-state index contributed by atoms with van der Waals surface area (Å²) in [6.07, 6.45) is 0. The highest BCUT2D eigenvalue weighted by atomic mass is 32.1. The Morgan fingerprint density at radius 2 is 2.17 bits per heavy atom. The van der Waals surface area contributed by atoms with Gasteiger partial charge in [-0.1, -0.05) is 12.1 Å². The third-order valence-electron chi connectivity index (χ3n) is 2.41. The van der Waals surface area contributed by atoms with E-state index < -0.39 is 5.97 Å². The summed E-state index contributed by atoms with van der Waals surface area (Å²) >= 11 is 1.16. The van der Waals surface area contributed by atoms with E-state index in [9.17, 15) is 4.79 Å². The molecule has 18 heavy (non-hydrogen) atoms. The van der Waals surface area contributed by atoms with Gasteiger partial charge < -0.3 is 15.6 Å². The van der Waals surface area contributed by atoms with Crippen molar-refractivity contribution in [2.45, 2.75) is 6.92 Å². The Bertz CT molecular complexity index is 577. The van der Waals surface area contributed by atoms with E-state index >= 15 is 0 Å². The lowest BCUT2D eigenvalue weighted by Gasteiger charge is -2.07. The number of hydrogen-bond acceptors (Lipinski definition) is 4. The number of ether oxygens (including phenoxy) is 1. The van der Waals surface area contributed by atoms with Crippen LogP contribution in [0.1, 0.15) is 16.6 Å². The molecule has 0 saturated heterocycles. The van der Waals surface area contributed by atoms with Gasteiger partial charge in [-0.2, -0.15) is 0 Å². The molecular formula is C13H13NO3S. The SMILES string of the molecule is CCOc1ccccc1-c1cc(N)c(C(=O)O)s1. The first-order valence-corrected chi connectivity index (χ1v) is 6.30. The maximum atomic E-state index is 11.0. The highest BCUT2D eigenvalue weighted by Crippen LogP contribution is 2.38. The number of carboxylic acid groups (broad SMARTS) is 1. The number of anilines is 1. The minimum absolute atomic E-state index is 0.163. The number of benzene rings is 1. The van der Waals surface area contributed by atoms with Crippen molar-refractivity contribution in [3.8, 4) is 16.2 Å². The molecule has 1 aromatic heterocycles. The van der Waals surface area contributed by atoms with Gasteiger partial charge in [0.05, 0.1) is 12.3 Å². The Kier molecular flexibility index (Phi) is 3.53. The second-order valence-electron chi connectivity index (χ2n) is 3.63. The van der Waals surface area contributed by atoms with Gasteiger partial charge in [0.1, 0.15) is 10.6 Å². The Morgan fingerprint density at radius 3 is 2.78 bits per heavy atom. The Labute approximate surface area is 109 Å². The molecule has 2 rings (SSSR count). The molecule has 3 N–H and O–H groups in total. The van der Waals surface area contributed by atoms with Crippen LogP contribution in [-0.4, -0.2) is 17.7 Å². The van der Waals surface area contributed by atoms with Crippen molar-refractivity contribution in [3.63, 3.8) is 0 Å². The smallest absolute Gasteiger partial charge is 0.348 e. The van der Waals surface area contributed by atoms with Gasteiger partial charge >= 0.3 is 5.97 Å². The number of nitrogens with two attached hydrogens (primary N) is 1. The van der Waals surface area contributed by atoms with Gasteiger partial charge in [0.2, 0.25) is 0 Å². The molecule has 0 amide bonds. The summed E-state index contributed by atoms with van der Waals surface area (Å²) in [5.74, 6) is -0.268. The lowest BCUT2D eigenvalue weighted by atomic mass is 10.1. The lowest BCUT2D eigenvalue weighted by molar-refractivity contribution is 0.0703. The minimum Gasteiger partial charge on any atom is -0.493 e. The van der Waals surface area contributed by atoms with E-state index in [1.165, 1.54) is 0 Å². The molecule has 0 radical (unpaired) electrons. The van der Waals surface area contributed by atoms with Crippen molar-refractivity contribution in [2.75, 3.05) is 12.3 Å². The molecule has 0 spiro atoms. The monoisotopic (exact) mass is 263 g/mol. The maximum Gasteiger partial charge on any atom is 0.348 e. The molecule has 2 aromatic rings. The first-order valence-electron chi connectivity index (χ1n) is 5.48. The largest absolute Gasteiger partial charge is 0.493 e. The van der Waals surface area contributed by atoms with Gasteiger partial charge in [0.25, 0.3) is 0 Å². The number of aromatic carboxylic acids is 1. The average molecular weight is 263 g/mol. The molecule has 0 aliphatic rings. The Hall–Kier alpha value is -2.01. The third kappa shape index (κ3) is 2.31. The molecule has 94 valence electrons. The number of hydrogen-bond donors (Lipinski definition) is 2. The highest BCUT2D eigenvalue weighted by Gasteiger charge is 2.16. The number of carbonyl (C=O) groups is 1. The van der Waals surface area contributed by atoms with Gasteiger partial charge in [-0.3, -0.25) is 0 Å². The predicted molar refractivity (Wildman–Crippen MR) is 72.3 cm³/mol. The first-order chi connectivity index (χ1) is 8.63. The number of thiophene rings is 1. The molecule has 0 aliphatic heterocycles. The van der Waals surface area contributed by atoms with Crippen LogP contribution in [0.5, 0.6) is 5.75 Å². The van der Waals surface area contributed by atoms with Crippen molar-refractivity contribution < 1.29 is 14.6 Å². The predicted octanol–water partition coefficient (Wildman–Crippen LogP) is 3.09. The second-order valence-corrected chi connectivity index (χ2v) is 4.68. The Balaban J connectivity index is 2.48. The van der Waals surface area contributed by atoms with Crippen LogP contribution < -0.4 is 10.5 Å². The normalized spacial score (nSPS) is 10.3. The van der Waals surface area contributed by atoms with Crippen molar-refractivity contribution in [2.24, 2.45) is 0 Å². The molecule has 5 heteroatoms. The zero-order valence-corrected chi connectivity index (χ0v) is 10.7. The van der Waals surface area contributed by atoms with E-state index in [1.54, 1.807) is 6.07 Å². The van der Waals surface area contributed by atoms with Crippen LogP contribution in [0, 0.1) is 0 Å². The molecule has 0 atom stereocenters. The van der Waals surface area contributed by atoms with Gasteiger partial charge in [0, 0.05) is 10.4 Å². The topological polar surface area (TPSA) is 72.5 Å². The zero-order valence-electron chi connectivity index (χ0n) is 9.84. The van der Waals surface area contributed by atoms with Crippen LogP contribution in [0.4, 0.5) is 5.69 Å². The van der Waals surface area contributed by atoms with E-state index in [4.69, 9.17) is 15.6 Å². The first kappa shape index (κ1) is 12.4. The summed E-state index contributed by atoms with van der Waals surface area (Å²) in [6, 6.07) is 9.18. The van der Waals surface area contributed by atoms with Crippen molar-refractivity contribution in [1.29, 1.82) is 0 Å². The van der Waals surface area contributed by atoms with Crippen LogP contribution in [0.2, 0.25) is 0 Å². The molecule has 0 bridgehead atoms. The highest BCUT2D eigenvalue weighted by molar-refractivity contribution is 7.18. The molecular weight excluding hydrogens is 250 g/mol. The molecule has 0 saturated carbocycles. The molecule has 4 nitrogen and oxygen atoms in total. The number of rotatable bonds is 4. The van der Waals surface area contributed by atoms with Crippen molar-refractivity contribution >= 4 is 23.0 Å². The number of para-hydroxylation sites is 1. The van der Waals surface area contributed by atoms with Crippen LogP contribution >= 0.6 is 11.3 Å². The average Bonchev–Trinajstić information content (AvgIpc) is 2.72. The van der Waals surface area contributed by atoms with Crippen LogP contribution in [0.3, 0.4) is 0 Å². The van der Waals surface area contributed by atoms with Crippen LogP contribution in [0.15, 0.2) is 30.3 Å². The lowest BCUT2D eigenvalue weighted by Crippen LogP contribution is -1.96. The second kappa shape index (κ2) is 5.10. The Morgan fingerprint density at radius 1 is 1.44 bits per heavy atom. The fourth-order valence-corrected chi connectivity index (χ4v) is 2.61. The maximum absolute atomic E-state index is 11.0. The van der Waals surface area contributed by atoms with Gasteiger partial charge in [-0.15, -0.1) is 11.3 Å². The van der Waals surface area contributed by atoms with Gasteiger partial charge in [-0.25, -0.2) is 4.79 Å². The van der Waals surface area contributed by atoms with Gasteiger partial charge in [0.15, 0.2) is 0 Å². The molecule has 0 aliphatic carbocycles. The minimum atomic E-state index is -1.00. The number of carboxylic acids is 1. The molecule has 1 heterocycles. The standard InChI is InChI=1S/C13H13NO3S/c1-2-17-10-6-4-3-5-8(10)11-7-9(14)12(18-11)13(15)16/h3-7H,2,14H2,1H3,(H,15,16). The fourth-order valence-electron chi connectivity index (χ4n) is 1.66. The zero-order chi connectivity index (χ0) is 13.1. The number of nitrogen functional groups attached to an aromatic ring is 1. The molecule has 1 aromatic carbocycles. The summed E-state index contributed by atoms with van der Waals surface area (Å²) in [6.45, 7) is 2.46. The van der Waals surface area contributed by atoms with E-state index in [0.717, 1.165) is 27.5 Å². The summed E-state index contributed by atoms with van der Waals surface area (Å²) in [5, 5.41) is 9.00. The molecule has 0 unspecified atom stereocenters. The van der Waals surface area contributed by atoms with Crippen LogP contribution in [0.25, 0.3) is 10.4 Å². The summed E-state index contributed by atoms with van der Waals surface area (Å²) < 4.78 is 5.52. The third-order valence-corrected chi connectivity index (χ3v) is 3.58. The van der Waals surface area contributed by atoms with E-state index in [-0.39, 0.29) is 10.6 Å². The summed E-state index contributed by atoms with van der Waals surface area (Å²) in [5.41, 5.74) is 6.84. The van der Waals surface area contributed by atoms with E-state index in [2.05, 4.69) is 0 Å².